The molecule has 1 N–H and O–H groups in total. The van der Waals surface area contributed by atoms with Crippen LogP contribution in [0.3, 0.4) is 0 Å². The van der Waals surface area contributed by atoms with Crippen molar-refractivity contribution in [2.45, 2.75) is 6.61 Å². The molecule has 1 heterocycles. The van der Waals surface area contributed by atoms with E-state index >= 15 is 0 Å². The standard InChI is InChI=1S/C19H15NO3/c21-12-16-10-17(23-13-14-4-2-1-3-5-14)7-8-18(16)15-6-9-19(22)20-11-15/h1-12H,13H2,(H,20,22). The molecule has 0 aliphatic carbocycles. The molecule has 114 valence electrons. The van der Waals surface area contributed by atoms with Crippen molar-refractivity contribution in [2.24, 2.45) is 0 Å². The fourth-order valence-electron chi connectivity index (χ4n) is 2.31. The summed E-state index contributed by atoms with van der Waals surface area (Å²) in [5, 5.41) is 0. The zero-order valence-corrected chi connectivity index (χ0v) is 12.4. The lowest BCUT2D eigenvalue weighted by Gasteiger charge is -2.10. The number of benzene rings is 2. The van der Waals surface area contributed by atoms with Gasteiger partial charge in [-0.1, -0.05) is 30.3 Å². The van der Waals surface area contributed by atoms with E-state index in [2.05, 4.69) is 4.98 Å². The van der Waals surface area contributed by atoms with E-state index in [0.29, 0.717) is 17.9 Å². The van der Waals surface area contributed by atoms with Gasteiger partial charge in [0.25, 0.3) is 0 Å². The van der Waals surface area contributed by atoms with Gasteiger partial charge in [0.05, 0.1) is 0 Å². The zero-order valence-electron chi connectivity index (χ0n) is 12.4. The Morgan fingerprint density at radius 1 is 1.00 bits per heavy atom. The molecule has 0 atom stereocenters. The summed E-state index contributed by atoms with van der Waals surface area (Å²) in [4.78, 5) is 25.1. The molecule has 3 aromatic rings. The van der Waals surface area contributed by atoms with E-state index in [0.717, 1.165) is 23.0 Å². The summed E-state index contributed by atoms with van der Waals surface area (Å²) in [6.45, 7) is 0.442. The van der Waals surface area contributed by atoms with Gasteiger partial charge in [-0.3, -0.25) is 9.59 Å². The van der Waals surface area contributed by atoms with Gasteiger partial charge < -0.3 is 9.72 Å². The van der Waals surface area contributed by atoms with Crippen LogP contribution in [0, 0.1) is 0 Å². The summed E-state index contributed by atoms with van der Waals surface area (Å²) in [7, 11) is 0. The number of H-pyrrole nitrogens is 1. The van der Waals surface area contributed by atoms with Crippen molar-refractivity contribution < 1.29 is 9.53 Å². The average molecular weight is 305 g/mol. The number of ether oxygens (including phenoxy) is 1. The first kappa shape index (κ1) is 14.8. The highest BCUT2D eigenvalue weighted by molar-refractivity contribution is 5.88. The fourth-order valence-corrected chi connectivity index (χ4v) is 2.31. The van der Waals surface area contributed by atoms with E-state index < -0.39 is 0 Å². The number of aldehydes is 1. The van der Waals surface area contributed by atoms with Crippen molar-refractivity contribution in [3.8, 4) is 16.9 Å². The molecule has 0 saturated heterocycles. The van der Waals surface area contributed by atoms with Gasteiger partial charge in [-0.15, -0.1) is 0 Å². The minimum Gasteiger partial charge on any atom is -0.489 e. The van der Waals surface area contributed by atoms with E-state index in [1.54, 1.807) is 18.3 Å². The van der Waals surface area contributed by atoms with Crippen molar-refractivity contribution >= 4 is 6.29 Å². The minimum absolute atomic E-state index is 0.177. The molecule has 0 aliphatic rings. The summed E-state index contributed by atoms with van der Waals surface area (Å²) >= 11 is 0. The predicted octanol–water partition coefficient (Wildman–Crippen LogP) is 3.43. The lowest BCUT2D eigenvalue weighted by Crippen LogP contribution is -2.02. The zero-order chi connectivity index (χ0) is 16.1. The van der Waals surface area contributed by atoms with E-state index in [1.165, 1.54) is 6.07 Å². The van der Waals surface area contributed by atoms with Gasteiger partial charge >= 0.3 is 0 Å². The molecular formula is C19H15NO3. The lowest BCUT2D eigenvalue weighted by atomic mass is 10.0. The van der Waals surface area contributed by atoms with E-state index in [4.69, 9.17) is 4.74 Å². The number of aromatic amines is 1. The molecule has 0 spiro atoms. The van der Waals surface area contributed by atoms with Gasteiger partial charge in [0.15, 0.2) is 6.29 Å². The van der Waals surface area contributed by atoms with Crippen LogP contribution < -0.4 is 10.3 Å². The van der Waals surface area contributed by atoms with E-state index in [-0.39, 0.29) is 5.56 Å². The number of nitrogens with one attached hydrogen (secondary N) is 1. The maximum Gasteiger partial charge on any atom is 0.247 e. The van der Waals surface area contributed by atoms with Gasteiger partial charge in [0.2, 0.25) is 5.56 Å². The first-order chi connectivity index (χ1) is 11.3. The Hall–Kier alpha value is -3.14. The lowest BCUT2D eigenvalue weighted by molar-refractivity contribution is 0.112. The van der Waals surface area contributed by atoms with Gasteiger partial charge in [0.1, 0.15) is 12.4 Å². The molecule has 4 nitrogen and oxygen atoms in total. The number of hydrogen-bond acceptors (Lipinski definition) is 3. The molecule has 0 bridgehead atoms. The third-order valence-corrected chi connectivity index (χ3v) is 3.49. The maximum absolute atomic E-state index is 11.4. The van der Waals surface area contributed by atoms with E-state index in [1.807, 2.05) is 42.5 Å². The minimum atomic E-state index is -0.177. The topological polar surface area (TPSA) is 59.2 Å². The molecule has 2 aromatic carbocycles. The van der Waals surface area contributed by atoms with Gasteiger partial charge in [0, 0.05) is 17.8 Å². The highest BCUT2D eigenvalue weighted by atomic mass is 16.5. The molecule has 0 unspecified atom stereocenters. The number of carbonyl (C=O) groups excluding carboxylic acids is 1. The second-order valence-corrected chi connectivity index (χ2v) is 5.08. The molecular weight excluding hydrogens is 290 g/mol. The number of rotatable bonds is 5. The summed E-state index contributed by atoms with van der Waals surface area (Å²) < 4.78 is 5.73. The van der Waals surface area contributed by atoms with Crippen LogP contribution in [0.1, 0.15) is 15.9 Å². The number of hydrogen-bond donors (Lipinski definition) is 1. The Labute approximate surface area is 133 Å². The quantitative estimate of drug-likeness (QED) is 0.735. The first-order valence-electron chi connectivity index (χ1n) is 7.21. The summed E-state index contributed by atoms with van der Waals surface area (Å²) in [6, 6.07) is 18.3. The van der Waals surface area contributed by atoms with Crippen LogP contribution in [-0.4, -0.2) is 11.3 Å². The van der Waals surface area contributed by atoms with Crippen LogP contribution >= 0.6 is 0 Å². The fraction of sp³-hybridized carbons (Fsp3) is 0.0526. The third kappa shape index (κ3) is 3.55. The first-order valence-corrected chi connectivity index (χ1v) is 7.21. The highest BCUT2D eigenvalue weighted by Gasteiger charge is 2.07. The van der Waals surface area contributed by atoms with Gasteiger partial charge in [-0.25, -0.2) is 0 Å². The molecule has 0 amide bonds. The molecule has 23 heavy (non-hydrogen) atoms. The van der Waals surface area contributed by atoms with Crippen LogP contribution in [0.4, 0.5) is 0 Å². The Balaban J connectivity index is 1.83. The van der Waals surface area contributed by atoms with Crippen LogP contribution in [0.15, 0.2) is 71.7 Å². The number of carbonyl (C=O) groups is 1. The maximum atomic E-state index is 11.4. The van der Waals surface area contributed by atoms with E-state index in [9.17, 15) is 9.59 Å². The summed E-state index contributed by atoms with van der Waals surface area (Å²) in [6.07, 6.45) is 2.38. The van der Waals surface area contributed by atoms with Crippen LogP contribution in [0.25, 0.3) is 11.1 Å². The van der Waals surface area contributed by atoms with Gasteiger partial charge in [-0.05, 0) is 41.0 Å². The Morgan fingerprint density at radius 3 is 2.52 bits per heavy atom. The monoisotopic (exact) mass is 305 g/mol. The van der Waals surface area contributed by atoms with Crippen LogP contribution in [0.2, 0.25) is 0 Å². The largest absolute Gasteiger partial charge is 0.489 e. The molecule has 4 heteroatoms. The SMILES string of the molecule is O=Cc1cc(OCc2ccccc2)ccc1-c1ccc(=O)[nH]c1. The van der Waals surface area contributed by atoms with Gasteiger partial charge in [-0.2, -0.15) is 0 Å². The molecule has 1 aromatic heterocycles. The summed E-state index contributed by atoms with van der Waals surface area (Å²) in [5.74, 6) is 0.629. The van der Waals surface area contributed by atoms with Crippen molar-refractivity contribution in [3.05, 3.63) is 88.3 Å². The highest BCUT2D eigenvalue weighted by Crippen LogP contribution is 2.26. The van der Waals surface area contributed by atoms with Crippen LogP contribution in [0.5, 0.6) is 5.75 Å². The summed E-state index contributed by atoms with van der Waals surface area (Å²) in [5.41, 5.74) is 2.93. The Morgan fingerprint density at radius 2 is 1.83 bits per heavy atom. The molecule has 0 radical (unpaired) electrons. The van der Waals surface area contributed by atoms with Crippen LogP contribution in [-0.2, 0) is 6.61 Å². The molecule has 3 rings (SSSR count). The number of pyridine rings is 1. The normalized spacial score (nSPS) is 10.3. The van der Waals surface area contributed by atoms with Crippen molar-refractivity contribution in [1.29, 1.82) is 0 Å². The molecule has 0 aliphatic heterocycles. The number of aromatic nitrogens is 1. The predicted molar refractivity (Wildman–Crippen MR) is 88.7 cm³/mol. The van der Waals surface area contributed by atoms with Crippen molar-refractivity contribution in [1.82, 2.24) is 4.98 Å². The molecule has 0 saturated carbocycles. The Kier molecular flexibility index (Phi) is 4.34. The molecule has 0 fully saturated rings. The second kappa shape index (κ2) is 6.75. The Bertz CT molecular complexity index is 849. The van der Waals surface area contributed by atoms with Crippen molar-refractivity contribution in [3.63, 3.8) is 0 Å². The van der Waals surface area contributed by atoms with Crippen molar-refractivity contribution in [2.75, 3.05) is 0 Å². The second-order valence-electron chi connectivity index (χ2n) is 5.08. The smallest absolute Gasteiger partial charge is 0.247 e. The third-order valence-electron chi connectivity index (χ3n) is 3.49. The average Bonchev–Trinajstić information content (AvgIpc) is 2.61.